The van der Waals surface area contributed by atoms with Crippen molar-refractivity contribution >= 4 is 11.9 Å². The first-order valence-corrected chi connectivity index (χ1v) is 14.1. The van der Waals surface area contributed by atoms with Gasteiger partial charge in [-0.2, -0.15) is 0 Å². The van der Waals surface area contributed by atoms with Crippen LogP contribution in [0, 0.1) is 29.1 Å². The zero-order valence-electron chi connectivity index (χ0n) is 22.5. The summed E-state index contributed by atoms with van der Waals surface area (Å²) in [5, 5.41) is 24.2. The maximum atomic E-state index is 12.5. The standard InChI is InChI=1S/C29H40O8/c1-14-10-17(34-24(14)32)23-15(2)16-11-20(30)26(5)19-7-6-18-25(3,4)35-21-12-22(31)36-28(18,21)13-27(19,33)8-9-29(16,26)37-23/h10,15-21,23,30,33H,6-9,11-13H2,1-5H3/t15-,16-,17+,18+,19+,20+,21-,23-,26+,27+,28-,29+/m1/s1. The van der Waals surface area contributed by atoms with Crippen LogP contribution in [0.1, 0.15) is 79.6 Å². The molecule has 7 rings (SSSR count). The second kappa shape index (κ2) is 7.18. The van der Waals surface area contributed by atoms with E-state index >= 15 is 0 Å². The van der Waals surface area contributed by atoms with Crippen molar-refractivity contribution < 1.29 is 38.7 Å². The number of hydrogen-bond donors (Lipinski definition) is 2. The minimum absolute atomic E-state index is 0.0258. The zero-order chi connectivity index (χ0) is 26.3. The van der Waals surface area contributed by atoms with Crippen LogP contribution in [0.25, 0.3) is 0 Å². The Labute approximate surface area is 218 Å². The van der Waals surface area contributed by atoms with E-state index in [2.05, 4.69) is 27.7 Å². The SMILES string of the molecule is CC1=C[C@@H]([C@@H]2O[C@]34CC[C@]5(O)C[C@]67OC(=O)C[C@H]6OC(C)(C)[C@@H]7CC[C@H]5[C@@]3(C)[C@@H](O)C[C@@H]4[C@H]2C)OC1=O. The fourth-order valence-electron chi connectivity index (χ4n) is 10.6. The van der Waals surface area contributed by atoms with Crippen molar-refractivity contribution in [3.8, 4) is 0 Å². The lowest BCUT2D eigenvalue weighted by atomic mass is 9.51. The summed E-state index contributed by atoms with van der Waals surface area (Å²) >= 11 is 0. The zero-order valence-corrected chi connectivity index (χ0v) is 22.5. The van der Waals surface area contributed by atoms with Crippen LogP contribution in [0.15, 0.2) is 11.6 Å². The lowest BCUT2D eigenvalue weighted by Crippen LogP contribution is -2.65. The Morgan fingerprint density at radius 2 is 1.78 bits per heavy atom. The number of hydrogen-bond acceptors (Lipinski definition) is 8. The predicted octanol–water partition coefficient (Wildman–Crippen LogP) is 2.82. The summed E-state index contributed by atoms with van der Waals surface area (Å²) in [5.74, 6) is -0.596. The molecule has 2 spiro atoms. The fraction of sp³-hybridized carbons (Fsp3) is 0.862. The van der Waals surface area contributed by atoms with Crippen LogP contribution < -0.4 is 0 Å². The largest absolute Gasteiger partial charge is 0.456 e. The van der Waals surface area contributed by atoms with Crippen molar-refractivity contribution in [2.75, 3.05) is 0 Å². The molecule has 3 saturated heterocycles. The Hall–Kier alpha value is -1.48. The van der Waals surface area contributed by atoms with Gasteiger partial charge in [0.25, 0.3) is 0 Å². The van der Waals surface area contributed by atoms with Gasteiger partial charge in [-0.15, -0.1) is 0 Å². The Kier molecular flexibility index (Phi) is 4.76. The molecule has 2 N–H and O–H groups in total. The van der Waals surface area contributed by atoms with Crippen molar-refractivity contribution in [3.63, 3.8) is 0 Å². The van der Waals surface area contributed by atoms with E-state index < -0.39 is 40.0 Å². The van der Waals surface area contributed by atoms with Crippen LogP contribution >= 0.6 is 0 Å². The molecule has 7 aliphatic rings. The fourth-order valence-corrected chi connectivity index (χ4v) is 10.6. The van der Waals surface area contributed by atoms with Crippen molar-refractivity contribution in [2.24, 2.45) is 29.1 Å². The second-order valence-corrected chi connectivity index (χ2v) is 14.0. The molecule has 4 heterocycles. The van der Waals surface area contributed by atoms with Gasteiger partial charge in [-0.1, -0.05) is 13.8 Å². The van der Waals surface area contributed by atoms with E-state index in [-0.39, 0.29) is 54.2 Å². The smallest absolute Gasteiger partial charge is 0.334 e. The normalized spacial score (nSPS) is 57.4. The average molecular weight is 517 g/mol. The molecule has 0 bridgehead atoms. The highest BCUT2D eigenvalue weighted by Crippen LogP contribution is 2.72. The Bertz CT molecular complexity index is 1100. The third-order valence-electron chi connectivity index (χ3n) is 12.2. The summed E-state index contributed by atoms with van der Waals surface area (Å²) in [6, 6.07) is 0. The molecule has 3 aliphatic carbocycles. The van der Waals surface area contributed by atoms with Crippen molar-refractivity contribution in [3.05, 3.63) is 11.6 Å². The van der Waals surface area contributed by atoms with Gasteiger partial charge in [-0.05, 0) is 76.7 Å². The number of aliphatic hydroxyl groups is 2. The quantitative estimate of drug-likeness (QED) is 0.512. The molecule has 0 radical (unpaired) electrons. The van der Waals surface area contributed by atoms with Gasteiger partial charge in [-0.3, -0.25) is 4.79 Å². The minimum atomic E-state index is -1.11. The molecule has 0 unspecified atom stereocenters. The molecular formula is C29H40O8. The summed E-state index contributed by atoms with van der Waals surface area (Å²) in [7, 11) is 0. The van der Waals surface area contributed by atoms with E-state index in [0.717, 1.165) is 6.42 Å². The van der Waals surface area contributed by atoms with Gasteiger partial charge < -0.3 is 29.2 Å². The number of carbonyl (C=O) groups is 2. The first-order chi connectivity index (χ1) is 17.3. The van der Waals surface area contributed by atoms with Gasteiger partial charge in [0.2, 0.25) is 0 Å². The van der Waals surface area contributed by atoms with E-state index in [1.54, 1.807) is 6.92 Å². The number of rotatable bonds is 1. The van der Waals surface area contributed by atoms with Crippen LogP contribution in [0.3, 0.4) is 0 Å². The minimum Gasteiger partial charge on any atom is -0.456 e. The molecular weight excluding hydrogens is 476 g/mol. The Morgan fingerprint density at radius 3 is 2.49 bits per heavy atom. The summed E-state index contributed by atoms with van der Waals surface area (Å²) < 4.78 is 25.2. The predicted molar refractivity (Wildman–Crippen MR) is 130 cm³/mol. The van der Waals surface area contributed by atoms with E-state index in [9.17, 15) is 19.8 Å². The molecule has 0 aromatic rings. The third-order valence-corrected chi connectivity index (χ3v) is 12.2. The van der Waals surface area contributed by atoms with Gasteiger partial charge in [0, 0.05) is 23.3 Å². The molecule has 4 aliphatic heterocycles. The molecule has 37 heavy (non-hydrogen) atoms. The van der Waals surface area contributed by atoms with Crippen LogP contribution in [0.2, 0.25) is 0 Å². The summed E-state index contributed by atoms with van der Waals surface area (Å²) in [4.78, 5) is 24.7. The number of aliphatic hydroxyl groups excluding tert-OH is 1. The monoisotopic (exact) mass is 516 g/mol. The van der Waals surface area contributed by atoms with Crippen molar-refractivity contribution in [2.45, 2.75) is 126 Å². The van der Waals surface area contributed by atoms with Crippen molar-refractivity contribution in [1.29, 1.82) is 0 Å². The van der Waals surface area contributed by atoms with Crippen LogP contribution in [-0.4, -0.2) is 69.0 Å². The van der Waals surface area contributed by atoms with Crippen molar-refractivity contribution in [1.82, 2.24) is 0 Å². The Balaban J connectivity index is 1.28. The van der Waals surface area contributed by atoms with Gasteiger partial charge in [0.1, 0.15) is 23.9 Å². The molecule has 3 saturated carbocycles. The lowest BCUT2D eigenvalue weighted by Gasteiger charge is -2.59. The van der Waals surface area contributed by atoms with Crippen LogP contribution in [0.5, 0.6) is 0 Å². The highest BCUT2D eigenvalue weighted by molar-refractivity contribution is 5.90. The van der Waals surface area contributed by atoms with Gasteiger partial charge in [0.15, 0.2) is 0 Å². The van der Waals surface area contributed by atoms with E-state index in [4.69, 9.17) is 18.9 Å². The second-order valence-electron chi connectivity index (χ2n) is 14.0. The highest BCUT2D eigenvalue weighted by Gasteiger charge is 2.78. The molecule has 8 heteroatoms. The first-order valence-electron chi connectivity index (χ1n) is 14.1. The number of cyclic esters (lactones) is 1. The number of esters is 2. The van der Waals surface area contributed by atoms with Gasteiger partial charge >= 0.3 is 11.9 Å². The van der Waals surface area contributed by atoms with E-state index in [0.29, 0.717) is 37.7 Å². The molecule has 0 aromatic heterocycles. The van der Waals surface area contributed by atoms with Crippen LogP contribution in [0.4, 0.5) is 0 Å². The number of ether oxygens (including phenoxy) is 4. The number of carbonyl (C=O) groups excluding carboxylic acids is 2. The molecule has 0 aromatic carbocycles. The molecule has 204 valence electrons. The summed E-state index contributed by atoms with van der Waals surface area (Å²) in [6.07, 6.45) is 3.91. The molecule has 8 nitrogen and oxygen atoms in total. The van der Waals surface area contributed by atoms with Gasteiger partial charge in [-0.25, -0.2) is 4.79 Å². The maximum Gasteiger partial charge on any atom is 0.334 e. The molecule has 0 amide bonds. The molecule has 6 fully saturated rings. The highest BCUT2D eigenvalue weighted by atomic mass is 16.6. The molecule has 12 atom stereocenters. The average Bonchev–Trinajstić information content (AvgIpc) is 3.46. The maximum absolute atomic E-state index is 12.5. The number of fused-ring (bicyclic) bond motifs is 2. The van der Waals surface area contributed by atoms with E-state index in [1.807, 2.05) is 6.08 Å². The lowest BCUT2D eigenvalue weighted by molar-refractivity contribution is -0.252. The topological polar surface area (TPSA) is 112 Å². The Morgan fingerprint density at radius 1 is 1.05 bits per heavy atom. The summed E-state index contributed by atoms with van der Waals surface area (Å²) in [6.45, 7) is 10.2. The van der Waals surface area contributed by atoms with Crippen LogP contribution in [-0.2, 0) is 28.5 Å². The van der Waals surface area contributed by atoms with E-state index in [1.165, 1.54) is 0 Å². The van der Waals surface area contributed by atoms with Gasteiger partial charge in [0.05, 0.1) is 29.3 Å². The summed E-state index contributed by atoms with van der Waals surface area (Å²) in [5.41, 5.74) is -3.10. The third kappa shape index (κ3) is 2.78. The first kappa shape index (κ1) is 24.6.